The van der Waals surface area contributed by atoms with E-state index in [1.165, 1.54) is 0 Å². The summed E-state index contributed by atoms with van der Waals surface area (Å²) >= 11 is 0. The van der Waals surface area contributed by atoms with Gasteiger partial charge in [0, 0.05) is 24.2 Å². The van der Waals surface area contributed by atoms with E-state index in [9.17, 15) is 14.0 Å². The molecule has 2 rings (SSSR count). The molecule has 0 amide bonds. The molecule has 0 aromatic carbocycles. The summed E-state index contributed by atoms with van der Waals surface area (Å²) < 4.78 is 27.4. The normalized spacial score (nSPS) is 10.7. The second kappa shape index (κ2) is 10.2. The van der Waals surface area contributed by atoms with E-state index in [0.717, 1.165) is 4.52 Å². The van der Waals surface area contributed by atoms with E-state index in [1.54, 1.807) is 19.1 Å². The van der Waals surface area contributed by atoms with Crippen molar-refractivity contribution in [1.82, 2.24) is 14.6 Å². The molecule has 146 valence electrons. The topological polar surface area (TPSA) is 116 Å². The monoisotopic (exact) mass is 377 g/mol. The summed E-state index contributed by atoms with van der Waals surface area (Å²) in [7, 11) is 0. The zero-order chi connectivity index (χ0) is 20.6. The molecule has 0 fully saturated rings. The van der Waals surface area contributed by atoms with Gasteiger partial charge < -0.3 is 16.5 Å². The van der Waals surface area contributed by atoms with Crippen LogP contribution in [0.5, 0.6) is 0 Å². The Labute approximate surface area is 157 Å². The highest BCUT2D eigenvalue weighted by Gasteiger charge is 2.24. The van der Waals surface area contributed by atoms with E-state index in [0.29, 0.717) is 30.7 Å². The molecule has 2 heterocycles. The molecule has 9 heteroatoms. The minimum absolute atomic E-state index is 0.0380. The largest absolute Gasteiger partial charge is 0.382 e. The number of anilines is 2. The molecule has 0 radical (unpaired) electrons. The van der Waals surface area contributed by atoms with Crippen LogP contribution in [0.1, 0.15) is 57.4 Å². The number of nitrogens with zero attached hydrogens (tertiary/aromatic N) is 4. The fourth-order valence-electron chi connectivity index (χ4n) is 2.48. The number of nitrogen functional groups attached to an aromatic ring is 1. The number of nitrogens with two attached hydrogens (primary N) is 1. The van der Waals surface area contributed by atoms with E-state index in [2.05, 4.69) is 15.4 Å². The Balaban J connectivity index is 0.00000176. The Morgan fingerprint density at radius 1 is 1.44 bits per heavy atom. The first-order chi connectivity index (χ1) is 12.9. The predicted molar refractivity (Wildman–Crippen MR) is 103 cm³/mol. The molecule has 0 aliphatic carbocycles. The van der Waals surface area contributed by atoms with Crippen LogP contribution in [0.15, 0.2) is 12.2 Å². The molecule has 4 N–H and O–H groups in total. The van der Waals surface area contributed by atoms with Crippen LogP contribution in [0.3, 0.4) is 0 Å². The molecule has 27 heavy (non-hydrogen) atoms. The van der Waals surface area contributed by atoms with Crippen LogP contribution < -0.4 is 11.1 Å². The van der Waals surface area contributed by atoms with Crippen LogP contribution in [-0.2, 0) is 6.42 Å². The first-order valence-corrected chi connectivity index (χ1v) is 8.77. The Bertz CT molecular complexity index is 863. The van der Waals surface area contributed by atoms with E-state index in [4.69, 9.17) is 11.1 Å². The summed E-state index contributed by atoms with van der Waals surface area (Å²) in [6, 6.07) is 1.93. The second-order valence-corrected chi connectivity index (χ2v) is 5.29. The van der Waals surface area contributed by atoms with Crippen LogP contribution in [0.4, 0.5) is 20.4 Å². The quantitative estimate of drug-likeness (QED) is 0.628. The minimum atomic E-state index is -2.75. The van der Waals surface area contributed by atoms with Gasteiger partial charge in [0.15, 0.2) is 5.65 Å². The maximum absolute atomic E-state index is 13.2. The van der Waals surface area contributed by atoms with Crippen LogP contribution in [0.25, 0.3) is 5.65 Å². The van der Waals surface area contributed by atoms with Gasteiger partial charge in [0.05, 0.1) is 0 Å². The average Bonchev–Trinajstić information content (AvgIpc) is 3.03. The first-order valence-electron chi connectivity index (χ1n) is 8.77. The zero-order valence-corrected chi connectivity index (χ0v) is 16.0. The molecule has 0 atom stereocenters. The smallest absolute Gasteiger partial charge is 0.282 e. The zero-order valence-electron chi connectivity index (χ0n) is 16.0. The van der Waals surface area contributed by atoms with Gasteiger partial charge in [-0.15, -0.1) is 0 Å². The number of nitrogens with one attached hydrogen (secondary N) is 2. The Hall–Kier alpha value is -3.02. The van der Waals surface area contributed by atoms with Gasteiger partial charge in [-0.1, -0.05) is 26.8 Å². The molecule has 0 saturated carbocycles. The van der Waals surface area contributed by atoms with Crippen molar-refractivity contribution in [3.05, 3.63) is 29.0 Å². The Morgan fingerprint density at radius 2 is 2.11 bits per heavy atom. The lowest BCUT2D eigenvalue weighted by atomic mass is 10.2. The minimum Gasteiger partial charge on any atom is -0.382 e. The van der Waals surface area contributed by atoms with Gasteiger partial charge in [0.25, 0.3) is 6.43 Å². The summed E-state index contributed by atoms with van der Waals surface area (Å²) in [5.74, 6) is 0.163. The number of alkyl halides is 2. The van der Waals surface area contributed by atoms with E-state index in [1.807, 2.05) is 26.8 Å². The van der Waals surface area contributed by atoms with Crippen molar-refractivity contribution in [2.75, 3.05) is 17.6 Å². The highest BCUT2D eigenvalue weighted by atomic mass is 19.3. The third kappa shape index (κ3) is 4.78. The summed E-state index contributed by atoms with van der Waals surface area (Å²) in [5, 5.41) is 23.8. The molecule has 2 aromatic rings. The number of halogens is 2. The number of rotatable bonds is 7. The summed E-state index contributed by atoms with van der Waals surface area (Å²) in [6.07, 6.45) is 1.41. The van der Waals surface area contributed by atoms with Crippen molar-refractivity contribution in [1.29, 1.82) is 10.7 Å². The second-order valence-electron chi connectivity index (χ2n) is 5.29. The lowest BCUT2D eigenvalue weighted by Crippen LogP contribution is -2.12. The van der Waals surface area contributed by atoms with Gasteiger partial charge in [0.1, 0.15) is 29.0 Å². The highest BCUT2D eigenvalue weighted by Crippen LogP contribution is 2.29. The molecule has 0 saturated heterocycles. The van der Waals surface area contributed by atoms with Crippen LogP contribution in [0, 0.1) is 16.7 Å². The lowest BCUT2D eigenvalue weighted by Gasteiger charge is -2.10. The third-order valence-corrected chi connectivity index (χ3v) is 3.65. The number of fused-ring (bicyclic) bond motifs is 1. The predicted octanol–water partition coefficient (Wildman–Crippen LogP) is 4.11. The van der Waals surface area contributed by atoms with Gasteiger partial charge >= 0.3 is 0 Å². The standard InChI is InChI=1S/C16H19F2N7.C2H6/c1-3-5-9(20)6-7-22-15-11(8-19)14(21)25-16(23-15)10(4-2)12(24-25)13(17)18;1-2/h3,5,13,20H,4,6-7,21H2,1-2H3,(H,22,23);1-2H3/b5-3-,20-9?;. The Kier molecular flexibility index (Phi) is 8.33. The fourth-order valence-corrected chi connectivity index (χ4v) is 2.48. The number of hydrogen-bond donors (Lipinski definition) is 3. The molecule has 0 aliphatic rings. The van der Waals surface area contributed by atoms with Crippen LogP contribution >= 0.6 is 0 Å². The molecule has 0 bridgehead atoms. The molecule has 0 unspecified atom stereocenters. The SMILES string of the molecule is C/C=C\C(=N)CCNc1nc2c(CC)c(C(F)F)nn2c(N)c1C#N.CC. The van der Waals surface area contributed by atoms with Crippen molar-refractivity contribution in [3.8, 4) is 6.07 Å². The molecule has 7 nitrogen and oxygen atoms in total. The average molecular weight is 377 g/mol. The van der Waals surface area contributed by atoms with Crippen molar-refractivity contribution in [2.24, 2.45) is 0 Å². The van der Waals surface area contributed by atoms with Crippen molar-refractivity contribution in [3.63, 3.8) is 0 Å². The maximum atomic E-state index is 13.2. The first kappa shape index (κ1) is 22.0. The third-order valence-electron chi connectivity index (χ3n) is 3.65. The number of nitriles is 1. The number of hydrogen-bond acceptors (Lipinski definition) is 6. The van der Waals surface area contributed by atoms with Gasteiger partial charge in [-0.2, -0.15) is 14.9 Å². The van der Waals surface area contributed by atoms with Crippen LogP contribution in [-0.4, -0.2) is 26.9 Å². The Morgan fingerprint density at radius 3 is 2.63 bits per heavy atom. The van der Waals surface area contributed by atoms with Crippen molar-refractivity contribution < 1.29 is 8.78 Å². The number of allylic oxidation sites excluding steroid dienone is 2. The van der Waals surface area contributed by atoms with Crippen molar-refractivity contribution >= 4 is 23.0 Å². The van der Waals surface area contributed by atoms with Gasteiger partial charge in [0.2, 0.25) is 0 Å². The van der Waals surface area contributed by atoms with E-state index in [-0.39, 0.29) is 28.5 Å². The van der Waals surface area contributed by atoms with Crippen LogP contribution in [0.2, 0.25) is 0 Å². The molecular formula is C18H25F2N7. The lowest BCUT2D eigenvalue weighted by molar-refractivity contribution is 0.144. The number of aromatic nitrogens is 3. The molecule has 0 aliphatic heterocycles. The maximum Gasteiger partial charge on any atom is 0.282 e. The highest BCUT2D eigenvalue weighted by molar-refractivity contribution is 5.92. The van der Waals surface area contributed by atoms with Gasteiger partial charge in [-0.05, 0) is 19.4 Å². The molecular weight excluding hydrogens is 352 g/mol. The van der Waals surface area contributed by atoms with E-state index >= 15 is 0 Å². The molecule has 0 spiro atoms. The van der Waals surface area contributed by atoms with Crippen molar-refractivity contribution in [2.45, 2.75) is 47.0 Å². The summed E-state index contributed by atoms with van der Waals surface area (Å²) in [6.45, 7) is 7.90. The number of aryl methyl sites for hydroxylation is 1. The van der Waals surface area contributed by atoms with Gasteiger partial charge in [-0.3, -0.25) is 0 Å². The van der Waals surface area contributed by atoms with E-state index < -0.39 is 6.43 Å². The summed E-state index contributed by atoms with van der Waals surface area (Å²) in [4.78, 5) is 4.29. The molecule has 2 aromatic heterocycles. The van der Waals surface area contributed by atoms with Gasteiger partial charge in [-0.25, -0.2) is 13.8 Å². The fraction of sp³-hybridized carbons (Fsp3) is 0.444. The summed E-state index contributed by atoms with van der Waals surface area (Å²) in [5.41, 5.74) is 6.54.